The van der Waals surface area contributed by atoms with E-state index in [1.807, 2.05) is 31.3 Å². The van der Waals surface area contributed by atoms with Gasteiger partial charge in [0.1, 0.15) is 0 Å². The average molecular weight is 410 g/mol. The maximum Gasteiger partial charge on any atom is 0.338 e. The highest BCUT2D eigenvalue weighted by Crippen LogP contribution is 2.19. The number of nitrogens with zero attached hydrogens (tertiary/aromatic N) is 1. The molecule has 0 N–H and O–H groups in total. The van der Waals surface area contributed by atoms with E-state index in [0.717, 1.165) is 24.1 Å². The summed E-state index contributed by atoms with van der Waals surface area (Å²) in [6, 6.07) is 11.3. The summed E-state index contributed by atoms with van der Waals surface area (Å²) in [7, 11) is 0. The van der Waals surface area contributed by atoms with Crippen LogP contribution in [0.15, 0.2) is 42.6 Å². The smallest absolute Gasteiger partial charge is 0.338 e. The van der Waals surface area contributed by atoms with Gasteiger partial charge in [0.15, 0.2) is 11.9 Å². The number of pyridine rings is 1. The van der Waals surface area contributed by atoms with Crippen LogP contribution in [-0.4, -0.2) is 22.8 Å². The van der Waals surface area contributed by atoms with Crippen LogP contribution in [0.4, 0.5) is 0 Å². The molecule has 4 nitrogen and oxygen atoms in total. The minimum absolute atomic E-state index is 0.0484. The van der Waals surface area contributed by atoms with Crippen molar-refractivity contribution in [3.05, 3.63) is 53.7 Å². The summed E-state index contributed by atoms with van der Waals surface area (Å²) >= 11 is 0. The van der Waals surface area contributed by atoms with Crippen LogP contribution in [0.25, 0.3) is 11.3 Å². The summed E-state index contributed by atoms with van der Waals surface area (Å²) in [6.07, 6.45) is 11.2. The molecule has 0 saturated carbocycles. The minimum atomic E-state index is -0.710. The van der Waals surface area contributed by atoms with Gasteiger partial charge in [-0.05, 0) is 49.9 Å². The third kappa shape index (κ3) is 7.74. The van der Waals surface area contributed by atoms with Gasteiger partial charge in [-0.3, -0.25) is 9.78 Å². The number of hydrogen-bond acceptors (Lipinski definition) is 4. The molecule has 162 valence electrons. The molecule has 1 atom stereocenters. The average Bonchev–Trinajstić information content (AvgIpc) is 2.77. The first-order valence-electron chi connectivity index (χ1n) is 11.3. The first kappa shape index (κ1) is 23.8. The fraction of sp³-hybridized carbons (Fsp3) is 0.500. The fourth-order valence-corrected chi connectivity index (χ4v) is 3.37. The highest BCUT2D eigenvalue weighted by molar-refractivity contribution is 5.93. The number of Topliss-reactive ketones (excluding diaryl/α,β-unsaturated/α-hetero) is 1. The van der Waals surface area contributed by atoms with Gasteiger partial charge in [-0.2, -0.15) is 0 Å². The second-order valence-electron chi connectivity index (χ2n) is 7.91. The van der Waals surface area contributed by atoms with Gasteiger partial charge >= 0.3 is 5.97 Å². The predicted molar refractivity (Wildman–Crippen MR) is 122 cm³/mol. The Bertz CT molecular complexity index is 781. The molecule has 1 unspecified atom stereocenters. The summed E-state index contributed by atoms with van der Waals surface area (Å²) < 4.78 is 5.28. The van der Waals surface area contributed by atoms with E-state index < -0.39 is 12.1 Å². The van der Waals surface area contributed by atoms with Crippen molar-refractivity contribution in [1.29, 1.82) is 0 Å². The lowest BCUT2D eigenvalue weighted by molar-refractivity contribution is -0.126. The van der Waals surface area contributed by atoms with Crippen LogP contribution >= 0.6 is 0 Å². The zero-order chi connectivity index (χ0) is 21.8. The van der Waals surface area contributed by atoms with Crippen molar-refractivity contribution in [3.8, 4) is 11.3 Å². The number of carbonyl (C=O) groups excluding carboxylic acids is 2. The molecule has 1 aromatic heterocycles. The maximum atomic E-state index is 12.2. The standard InChI is InChI=1S/C26H35NO3/c1-4-6-7-8-9-10-12-21-13-18-24(27-19-21)22-14-16-23(17-15-22)26(29)30-20(3)25(28)11-5-2/h13-20H,4-12H2,1-3H3. The number of unbranched alkanes of at least 4 members (excludes halogenated alkanes) is 5. The number of rotatable bonds is 13. The van der Waals surface area contributed by atoms with Gasteiger partial charge in [0.25, 0.3) is 0 Å². The van der Waals surface area contributed by atoms with Gasteiger partial charge in [0.05, 0.1) is 11.3 Å². The van der Waals surface area contributed by atoms with Gasteiger partial charge in [-0.1, -0.05) is 64.2 Å². The van der Waals surface area contributed by atoms with E-state index in [1.54, 1.807) is 19.1 Å². The lowest BCUT2D eigenvalue weighted by atomic mass is 10.0. The molecule has 2 rings (SSSR count). The Kier molecular flexibility index (Phi) is 10.3. The molecule has 0 aliphatic rings. The van der Waals surface area contributed by atoms with E-state index in [1.165, 1.54) is 44.1 Å². The number of benzene rings is 1. The maximum absolute atomic E-state index is 12.2. The second kappa shape index (κ2) is 12.9. The zero-order valence-corrected chi connectivity index (χ0v) is 18.7. The summed E-state index contributed by atoms with van der Waals surface area (Å²) in [4.78, 5) is 28.6. The van der Waals surface area contributed by atoms with Crippen molar-refractivity contribution in [3.63, 3.8) is 0 Å². The summed E-state index contributed by atoms with van der Waals surface area (Å²) in [6.45, 7) is 5.80. The third-order valence-corrected chi connectivity index (χ3v) is 5.29. The lowest BCUT2D eigenvalue weighted by Crippen LogP contribution is -2.24. The van der Waals surface area contributed by atoms with Crippen LogP contribution in [0.1, 0.15) is 88.1 Å². The molecular formula is C26H35NO3. The summed E-state index contributed by atoms with van der Waals surface area (Å²) in [5.41, 5.74) is 3.54. The number of carbonyl (C=O) groups is 2. The second-order valence-corrected chi connectivity index (χ2v) is 7.91. The molecule has 2 aromatic rings. The van der Waals surface area contributed by atoms with Crippen LogP contribution < -0.4 is 0 Å². The van der Waals surface area contributed by atoms with E-state index in [2.05, 4.69) is 18.0 Å². The highest BCUT2D eigenvalue weighted by atomic mass is 16.5. The van der Waals surface area contributed by atoms with Crippen molar-refractivity contribution < 1.29 is 14.3 Å². The monoisotopic (exact) mass is 409 g/mol. The molecule has 0 fully saturated rings. The van der Waals surface area contributed by atoms with Crippen LogP contribution in [-0.2, 0) is 16.0 Å². The van der Waals surface area contributed by atoms with Crippen molar-refractivity contribution in [2.45, 2.75) is 84.7 Å². The molecule has 0 bridgehead atoms. The molecule has 1 aromatic carbocycles. The Labute approximate surface area is 181 Å². The topological polar surface area (TPSA) is 56.3 Å². The SMILES string of the molecule is CCCCCCCCc1ccc(-c2ccc(C(=O)OC(C)C(=O)CCC)cc2)nc1. The van der Waals surface area contributed by atoms with Crippen molar-refractivity contribution >= 4 is 11.8 Å². The molecule has 30 heavy (non-hydrogen) atoms. The Hall–Kier alpha value is -2.49. The predicted octanol–water partition coefficient (Wildman–Crippen LogP) is 6.57. The number of hydrogen-bond donors (Lipinski definition) is 0. The van der Waals surface area contributed by atoms with Crippen LogP contribution in [0.2, 0.25) is 0 Å². The van der Waals surface area contributed by atoms with Crippen LogP contribution in [0, 0.1) is 0 Å². The Balaban J connectivity index is 1.86. The summed E-state index contributed by atoms with van der Waals surface area (Å²) in [5, 5.41) is 0. The zero-order valence-electron chi connectivity index (χ0n) is 18.7. The molecule has 0 aliphatic carbocycles. The van der Waals surface area contributed by atoms with E-state index in [4.69, 9.17) is 4.74 Å². The number of aromatic nitrogens is 1. The molecule has 0 aliphatic heterocycles. The van der Waals surface area contributed by atoms with E-state index in [9.17, 15) is 9.59 Å². The van der Waals surface area contributed by atoms with Gasteiger partial charge in [0, 0.05) is 18.2 Å². The molecule has 4 heteroatoms. The molecule has 0 spiro atoms. The normalized spacial score (nSPS) is 11.8. The molecule has 0 saturated heterocycles. The Morgan fingerprint density at radius 3 is 2.23 bits per heavy atom. The van der Waals surface area contributed by atoms with Crippen molar-refractivity contribution in [2.24, 2.45) is 0 Å². The third-order valence-electron chi connectivity index (χ3n) is 5.29. The minimum Gasteiger partial charge on any atom is -0.451 e. The van der Waals surface area contributed by atoms with E-state index in [0.29, 0.717) is 12.0 Å². The van der Waals surface area contributed by atoms with Crippen molar-refractivity contribution in [2.75, 3.05) is 0 Å². The number of ketones is 1. The van der Waals surface area contributed by atoms with Gasteiger partial charge < -0.3 is 4.74 Å². The first-order chi connectivity index (χ1) is 14.5. The number of esters is 1. The fourth-order valence-electron chi connectivity index (χ4n) is 3.37. The van der Waals surface area contributed by atoms with Crippen LogP contribution in [0.3, 0.4) is 0 Å². The molecule has 1 heterocycles. The van der Waals surface area contributed by atoms with Gasteiger partial charge in [-0.15, -0.1) is 0 Å². The lowest BCUT2D eigenvalue weighted by Gasteiger charge is -2.12. The Morgan fingerprint density at radius 2 is 1.60 bits per heavy atom. The quantitative estimate of drug-likeness (QED) is 0.277. The summed E-state index contributed by atoms with van der Waals surface area (Å²) in [5.74, 6) is -0.520. The van der Waals surface area contributed by atoms with E-state index in [-0.39, 0.29) is 5.78 Å². The van der Waals surface area contributed by atoms with E-state index >= 15 is 0 Å². The van der Waals surface area contributed by atoms with Crippen LogP contribution in [0.5, 0.6) is 0 Å². The molecule has 0 amide bonds. The molecular weight excluding hydrogens is 374 g/mol. The highest BCUT2D eigenvalue weighted by Gasteiger charge is 2.18. The Morgan fingerprint density at radius 1 is 0.900 bits per heavy atom. The first-order valence-corrected chi connectivity index (χ1v) is 11.3. The number of ether oxygens (including phenoxy) is 1. The largest absolute Gasteiger partial charge is 0.451 e. The van der Waals surface area contributed by atoms with Gasteiger partial charge in [0.2, 0.25) is 0 Å². The van der Waals surface area contributed by atoms with Gasteiger partial charge in [-0.25, -0.2) is 4.79 Å². The number of aryl methyl sites for hydroxylation is 1. The van der Waals surface area contributed by atoms with Crippen molar-refractivity contribution in [1.82, 2.24) is 4.98 Å². The molecule has 0 radical (unpaired) electrons.